The van der Waals surface area contributed by atoms with E-state index in [0.717, 1.165) is 10.8 Å². The molecule has 3 aromatic rings. The van der Waals surface area contributed by atoms with E-state index in [9.17, 15) is 10.1 Å². The molecule has 0 saturated carbocycles. The molecule has 0 N–H and O–H groups in total. The highest BCUT2D eigenvalue weighted by Crippen LogP contribution is 2.28. The van der Waals surface area contributed by atoms with Crippen LogP contribution in [0.5, 0.6) is 0 Å². The minimum atomic E-state index is -0.373. The second-order valence-electron chi connectivity index (χ2n) is 3.92. The van der Waals surface area contributed by atoms with Crippen LogP contribution in [0.2, 0.25) is 0 Å². The van der Waals surface area contributed by atoms with Crippen molar-refractivity contribution in [1.29, 1.82) is 0 Å². The first-order chi connectivity index (χ1) is 8.75. The van der Waals surface area contributed by atoms with Crippen LogP contribution in [0.25, 0.3) is 16.5 Å². The normalized spacial score (nSPS) is 10.7. The van der Waals surface area contributed by atoms with Crippen LogP contribution in [0.15, 0.2) is 55.1 Å². The van der Waals surface area contributed by atoms with Crippen molar-refractivity contribution in [3.63, 3.8) is 0 Å². The van der Waals surface area contributed by atoms with Crippen LogP contribution >= 0.6 is 0 Å². The Morgan fingerprint density at radius 1 is 1.17 bits per heavy atom. The van der Waals surface area contributed by atoms with Gasteiger partial charge in [-0.2, -0.15) is 0 Å². The van der Waals surface area contributed by atoms with E-state index in [2.05, 4.69) is 4.98 Å². The average Bonchev–Trinajstić information content (AvgIpc) is 2.91. The molecule has 0 aliphatic heterocycles. The Morgan fingerprint density at radius 3 is 2.50 bits per heavy atom. The van der Waals surface area contributed by atoms with Crippen molar-refractivity contribution in [3.05, 3.63) is 65.2 Å². The van der Waals surface area contributed by atoms with E-state index in [1.807, 2.05) is 24.3 Å². The van der Waals surface area contributed by atoms with Crippen molar-refractivity contribution >= 4 is 16.5 Å². The van der Waals surface area contributed by atoms with Gasteiger partial charge in [0.25, 0.3) is 5.69 Å². The van der Waals surface area contributed by atoms with Crippen LogP contribution in [0.4, 0.5) is 5.69 Å². The van der Waals surface area contributed by atoms with Crippen molar-refractivity contribution in [1.82, 2.24) is 9.55 Å². The number of nitro groups is 1. The van der Waals surface area contributed by atoms with Crippen LogP contribution < -0.4 is 0 Å². The summed E-state index contributed by atoms with van der Waals surface area (Å²) in [5.41, 5.74) is 0.600. The van der Waals surface area contributed by atoms with Crippen LogP contribution in [0, 0.1) is 10.1 Å². The fourth-order valence-corrected chi connectivity index (χ4v) is 1.97. The van der Waals surface area contributed by atoms with Crippen molar-refractivity contribution in [2.45, 2.75) is 0 Å². The number of nitro benzene ring substituents is 1. The number of aromatic nitrogens is 2. The molecule has 2 aromatic carbocycles. The van der Waals surface area contributed by atoms with Crippen LogP contribution in [-0.4, -0.2) is 14.5 Å². The number of fused-ring (bicyclic) bond motifs is 1. The summed E-state index contributed by atoms with van der Waals surface area (Å²) in [6.07, 6.45) is 4.84. The number of benzene rings is 2. The molecule has 0 atom stereocenters. The van der Waals surface area contributed by atoms with Crippen LogP contribution in [-0.2, 0) is 0 Å². The predicted molar refractivity (Wildman–Crippen MR) is 67.7 cm³/mol. The maximum atomic E-state index is 11.1. The molecule has 5 heteroatoms. The van der Waals surface area contributed by atoms with E-state index in [1.165, 1.54) is 0 Å². The van der Waals surface area contributed by atoms with E-state index in [0.29, 0.717) is 5.69 Å². The molecular weight excluding hydrogens is 230 g/mol. The molecule has 0 radical (unpaired) electrons. The Balaban J connectivity index is 2.34. The second kappa shape index (κ2) is 3.96. The SMILES string of the molecule is O=[N+]([O-])c1cc2ccccc2cc1-n1ccnc1. The molecular formula is C13H9N3O2. The molecule has 0 aliphatic rings. The minimum Gasteiger partial charge on any atom is -0.300 e. The molecule has 0 spiro atoms. The summed E-state index contributed by atoms with van der Waals surface area (Å²) >= 11 is 0. The Labute approximate surface area is 102 Å². The van der Waals surface area contributed by atoms with E-state index in [4.69, 9.17) is 0 Å². The third-order valence-corrected chi connectivity index (χ3v) is 2.82. The zero-order valence-electron chi connectivity index (χ0n) is 9.35. The molecule has 0 unspecified atom stereocenters. The van der Waals surface area contributed by atoms with E-state index in [-0.39, 0.29) is 10.6 Å². The van der Waals surface area contributed by atoms with Gasteiger partial charge in [0.15, 0.2) is 0 Å². The molecule has 88 valence electrons. The van der Waals surface area contributed by atoms with Gasteiger partial charge < -0.3 is 4.57 Å². The zero-order chi connectivity index (χ0) is 12.5. The minimum absolute atomic E-state index is 0.0756. The summed E-state index contributed by atoms with van der Waals surface area (Å²) < 4.78 is 1.64. The van der Waals surface area contributed by atoms with Gasteiger partial charge in [-0.05, 0) is 16.8 Å². The van der Waals surface area contributed by atoms with Crippen molar-refractivity contribution in [2.24, 2.45) is 0 Å². The molecule has 1 aromatic heterocycles. The summed E-state index contributed by atoms with van der Waals surface area (Å²) in [5, 5.41) is 13.0. The Kier molecular flexibility index (Phi) is 2.30. The molecule has 0 bridgehead atoms. The molecule has 5 nitrogen and oxygen atoms in total. The number of hydrogen-bond donors (Lipinski definition) is 0. The lowest BCUT2D eigenvalue weighted by Gasteiger charge is -2.05. The molecule has 3 rings (SSSR count). The molecule has 0 amide bonds. The fourth-order valence-electron chi connectivity index (χ4n) is 1.97. The van der Waals surface area contributed by atoms with Gasteiger partial charge >= 0.3 is 0 Å². The molecule has 0 fully saturated rings. The number of imidazole rings is 1. The summed E-state index contributed by atoms with van der Waals surface area (Å²) in [4.78, 5) is 14.7. The van der Waals surface area contributed by atoms with Gasteiger partial charge in [-0.25, -0.2) is 4.98 Å². The maximum Gasteiger partial charge on any atom is 0.293 e. The van der Waals surface area contributed by atoms with Gasteiger partial charge in [-0.3, -0.25) is 10.1 Å². The van der Waals surface area contributed by atoms with E-state index in [1.54, 1.807) is 35.4 Å². The third-order valence-electron chi connectivity index (χ3n) is 2.82. The monoisotopic (exact) mass is 239 g/mol. The lowest BCUT2D eigenvalue weighted by atomic mass is 10.1. The fraction of sp³-hybridized carbons (Fsp3) is 0. The second-order valence-corrected chi connectivity index (χ2v) is 3.92. The van der Waals surface area contributed by atoms with E-state index >= 15 is 0 Å². The van der Waals surface area contributed by atoms with Gasteiger partial charge in [0.2, 0.25) is 0 Å². The predicted octanol–water partition coefficient (Wildman–Crippen LogP) is 2.93. The third kappa shape index (κ3) is 1.62. The average molecular weight is 239 g/mol. The Hall–Kier alpha value is -2.69. The van der Waals surface area contributed by atoms with Crippen molar-refractivity contribution in [3.8, 4) is 5.69 Å². The lowest BCUT2D eigenvalue weighted by Crippen LogP contribution is -1.98. The van der Waals surface area contributed by atoms with Crippen molar-refractivity contribution < 1.29 is 4.92 Å². The Morgan fingerprint density at radius 2 is 1.89 bits per heavy atom. The van der Waals surface area contributed by atoms with Gasteiger partial charge in [0.05, 0.1) is 11.3 Å². The quantitative estimate of drug-likeness (QED) is 0.510. The zero-order valence-corrected chi connectivity index (χ0v) is 9.35. The molecule has 0 aliphatic carbocycles. The smallest absolute Gasteiger partial charge is 0.293 e. The largest absolute Gasteiger partial charge is 0.300 e. The van der Waals surface area contributed by atoms with E-state index < -0.39 is 0 Å². The topological polar surface area (TPSA) is 61.0 Å². The summed E-state index contributed by atoms with van der Waals surface area (Å²) in [6.45, 7) is 0. The Bertz CT molecular complexity index is 720. The molecule has 18 heavy (non-hydrogen) atoms. The van der Waals surface area contributed by atoms with Crippen LogP contribution in [0.1, 0.15) is 0 Å². The lowest BCUT2D eigenvalue weighted by molar-refractivity contribution is -0.384. The highest BCUT2D eigenvalue weighted by atomic mass is 16.6. The number of nitrogens with zero attached hydrogens (tertiary/aromatic N) is 3. The van der Waals surface area contributed by atoms with Gasteiger partial charge in [0, 0.05) is 18.5 Å². The maximum absolute atomic E-state index is 11.1. The van der Waals surface area contributed by atoms with Crippen LogP contribution in [0.3, 0.4) is 0 Å². The van der Waals surface area contributed by atoms with Gasteiger partial charge in [-0.15, -0.1) is 0 Å². The molecule has 1 heterocycles. The van der Waals surface area contributed by atoms with Gasteiger partial charge in [-0.1, -0.05) is 24.3 Å². The summed E-state index contributed by atoms with van der Waals surface area (Å²) in [5.74, 6) is 0. The number of hydrogen-bond acceptors (Lipinski definition) is 3. The summed E-state index contributed by atoms with van der Waals surface area (Å²) in [6, 6.07) is 11.0. The highest BCUT2D eigenvalue weighted by molar-refractivity contribution is 5.88. The van der Waals surface area contributed by atoms with Crippen molar-refractivity contribution in [2.75, 3.05) is 0 Å². The highest BCUT2D eigenvalue weighted by Gasteiger charge is 2.16. The first-order valence-corrected chi connectivity index (χ1v) is 5.41. The first-order valence-electron chi connectivity index (χ1n) is 5.41. The number of rotatable bonds is 2. The molecule has 0 saturated heterocycles. The standard InChI is InChI=1S/C13H9N3O2/c17-16(18)13-8-11-4-2-1-3-10(11)7-12(13)15-6-5-14-9-15/h1-9H. The summed E-state index contributed by atoms with van der Waals surface area (Å²) in [7, 11) is 0. The van der Waals surface area contributed by atoms with Gasteiger partial charge in [0.1, 0.15) is 5.69 Å². The first kappa shape index (κ1) is 10.5.